The van der Waals surface area contributed by atoms with E-state index in [2.05, 4.69) is 13.8 Å². The van der Waals surface area contributed by atoms with E-state index < -0.39 is 10.1 Å². The van der Waals surface area contributed by atoms with Crippen molar-refractivity contribution >= 4 is 10.1 Å². The van der Waals surface area contributed by atoms with Gasteiger partial charge in [0.2, 0.25) is 0 Å². The molecule has 0 bridgehead atoms. The Morgan fingerprint density at radius 2 is 0.611 bits per heavy atom. The Bertz CT molecular complexity index is 504. The van der Waals surface area contributed by atoms with Crippen molar-refractivity contribution in [3.63, 3.8) is 0 Å². The normalized spacial score (nSPS) is 11.9. The monoisotopic (exact) mass is 530 g/mol. The van der Waals surface area contributed by atoms with E-state index in [1.165, 1.54) is 148 Å². The first-order chi connectivity index (χ1) is 17.6. The van der Waals surface area contributed by atoms with Gasteiger partial charge in [0.25, 0.3) is 10.1 Å². The summed E-state index contributed by atoms with van der Waals surface area (Å²) in [6.07, 6.45) is 36.4. The highest BCUT2D eigenvalue weighted by molar-refractivity contribution is 7.86. The molecule has 36 heavy (non-hydrogen) atoms. The Kier molecular flexibility index (Phi) is 29.4. The number of hydrogen-bond donors (Lipinski definition) is 0. The van der Waals surface area contributed by atoms with Crippen LogP contribution >= 0.6 is 0 Å². The lowest BCUT2D eigenvalue weighted by Gasteiger charge is -2.06. The standard InChI is InChI=1S/C32H66O3S/c1-3-5-7-9-11-13-14-15-16-17-18-19-20-21-22-23-25-27-29-31-35-36(33,34)32-30-28-26-24-12-10-8-6-4-2/h3-32H2,1-2H3. The largest absolute Gasteiger partial charge is 0.270 e. The van der Waals surface area contributed by atoms with Crippen LogP contribution in [0.15, 0.2) is 0 Å². The zero-order chi connectivity index (χ0) is 26.4. The van der Waals surface area contributed by atoms with Gasteiger partial charge in [0, 0.05) is 0 Å². The fourth-order valence-corrected chi connectivity index (χ4v) is 6.06. The van der Waals surface area contributed by atoms with Gasteiger partial charge in [0.05, 0.1) is 12.4 Å². The van der Waals surface area contributed by atoms with Gasteiger partial charge >= 0.3 is 0 Å². The summed E-state index contributed by atoms with van der Waals surface area (Å²) in [5, 5.41) is 0. The van der Waals surface area contributed by atoms with Crippen molar-refractivity contribution in [3.05, 3.63) is 0 Å². The zero-order valence-electron chi connectivity index (χ0n) is 24.8. The van der Waals surface area contributed by atoms with Crippen LogP contribution in [0.4, 0.5) is 0 Å². The lowest BCUT2D eigenvalue weighted by molar-refractivity contribution is 0.305. The summed E-state index contributed by atoms with van der Waals surface area (Å²) in [5.74, 6) is 0.196. The quantitative estimate of drug-likeness (QED) is 0.0661. The Morgan fingerprint density at radius 1 is 0.361 bits per heavy atom. The second-order valence-electron chi connectivity index (χ2n) is 11.3. The summed E-state index contributed by atoms with van der Waals surface area (Å²) in [6.45, 7) is 4.90. The molecule has 0 saturated heterocycles. The van der Waals surface area contributed by atoms with Gasteiger partial charge in [-0.25, -0.2) is 0 Å². The van der Waals surface area contributed by atoms with Crippen LogP contribution in [0.25, 0.3) is 0 Å². The first-order valence-corrected chi connectivity index (χ1v) is 18.1. The molecular formula is C32H66O3S. The molecule has 0 spiro atoms. The van der Waals surface area contributed by atoms with Crippen molar-refractivity contribution in [3.8, 4) is 0 Å². The second-order valence-corrected chi connectivity index (χ2v) is 13.0. The maximum atomic E-state index is 12.0. The summed E-state index contributed by atoms with van der Waals surface area (Å²) in [5.41, 5.74) is 0. The molecule has 0 rings (SSSR count). The van der Waals surface area contributed by atoms with Gasteiger partial charge in [0.1, 0.15) is 0 Å². The van der Waals surface area contributed by atoms with Crippen LogP contribution in [0.5, 0.6) is 0 Å². The predicted molar refractivity (Wildman–Crippen MR) is 160 cm³/mol. The minimum atomic E-state index is -3.31. The topological polar surface area (TPSA) is 43.4 Å². The average Bonchev–Trinajstić information content (AvgIpc) is 2.86. The third kappa shape index (κ3) is 30.1. The van der Waals surface area contributed by atoms with Crippen molar-refractivity contribution in [2.75, 3.05) is 12.4 Å². The first-order valence-electron chi connectivity index (χ1n) is 16.5. The van der Waals surface area contributed by atoms with Crippen LogP contribution in [0.1, 0.15) is 194 Å². The molecule has 0 unspecified atom stereocenters. The molecule has 0 heterocycles. The fraction of sp³-hybridized carbons (Fsp3) is 1.00. The highest BCUT2D eigenvalue weighted by Crippen LogP contribution is 2.15. The van der Waals surface area contributed by atoms with Crippen molar-refractivity contribution in [2.45, 2.75) is 194 Å². The highest BCUT2D eigenvalue weighted by atomic mass is 32.2. The molecule has 0 fully saturated rings. The summed E-state index contributed by atoms with van der Waals surface area (Å²) in [6, 6.07) is 0. The molecule has 0 aliphatic heterocycles. The zero-order valence-corrected chi connectivity index (χ0v) is 25.7. The van der Waals surface area contributed by atoms with Crippen LogP contribution in [0, 0.1) is 0 Å². The molecule has 0 saturated carbocycles. The van der Waals surface area contributed by atoms with E-state index >= 15 is 0 Å². The summed E-state index contributed by atoms with van der Waals surface area (Å²) >= 11 is 0. The van der Waals surface area contributed by atoms with Crippen LogP contribution in [0.3, 0.4) is 0 Å². The van der Waals surface area contributed by atoms with E-state index in [0.29, 0.717) is 6.61 Å². The van der Waals surface area contributed by atoms with Gasteiger partial charge < -0.3 is 0 Å². The van der Waals surface area contributed by atoms with Gasteiger partial charge in [-0.3, -0.25) is 4.18 Å². The van der Waals surface area contributed by atoms with E-state index in [-0.39, 0.29) is 5.75 Å². The van der Waals surface area contributed by atoms with Gasteiger partial charge in [-0.1, -0.05) is 181 Å². The van der Waals surface area contributed by atoms with Gasteiger partial charge in [-0.05, 0) is 12.8 Å². The minimum Gasteiger partial charge on any atom is -0.270 e. The molecule has 0 aromatic rings. The van der Waals surface area contributed by atoms with Gasteiger partial charge in [-0.2, -0.15) is 8.42 Å². The van der Waals surface area contributed by atoms with Gasteiger partial charge in [0.15, 0.2) is 0 Å². The summed E-state index contributed by atoms with van der Waals surface area (Å²) in [4.78, 5) is 0. The number of hydrogen-bond acceptors (Lipinski definition) is 3. The van der Waals surface area contributed by atoms with Crippen LogP contribution in [-0.2, 0) is 14.3 Å². The molecule has 0 amide bonds. The smallest absolute Gasteiger partial charge is 0.267 e. The molecular weight excluding hydrogens is 464 g/mol. The molecule has 4 heteroatoms. The first kappa shape index (κ1) is 35.9. The highest BCUT2D eigenvalue weighted by Gasteiger charge is 2.10. The molecule has 218 valence electrons. The second kappa shape index (κ2) is 29.5. The average molecular weight is 531 g/mol. The summed E-state index contributed by atoms with van der Waals surface area (Å²) < 4.78 is 29.2. The molecule has 0 aromatic heterocycles. The molecule has 0 N–H and O–H groups in total. The number of unbranched alkanes of at least 4 members (excludes halogenated alkanes) is 26. The molecule has 0 radical (unpaired) electrons. The summed E-state index contributed by atoms with van der Waals surface area (Å²) in [7, 11) is -3.31. The Morgan fingerprint density at radius 3 is 0.917 bits per heavy atom. The van der Waals surface area contributed by atoms with Crippen LogP contribution < -0.4 is 0 Å². The maximum absolute atomic E-state index is 12.0. The Balaban J connectivity index is 3.24. The fourth-order valence-electron chi connectivity index (χ4n) is 5.01. The van der Waals surface area contributed by atoms with Crippen molar-refractivity contribution < 1.29 is 12.6 Å². The lowest BCUT2D eigenvalue weighted by atomic mass is 10.0. The maximum Gasteiger partial charge on any atom is 0.267 e. The SMILES string of the molecule is CCCCCCCCCCCCCCCCCCCCCOS(=O)(=O)CCCCCCCCCCC. The van der Waals surface area contributed by atoms with Gasteiger partial charge in [-0.15, -0.1) is 0 Å². The van der Waals surface area contributed by atoms with Crippen molar-refractivity contribution in [2.24, 2.45) is 0 Å². The molecule has 0 atom stereocenters. The van der Waals surface area contributed by atoms with E-state index in [1.807, 2.05) is 0 Å². The number of rotatable bonds is 31. The van der Waals surface area contributed by atoms with E-state index in [9.17, 15) is 8.42 Å². The Hall–Kier alpha value is -0.0900. The van der Waals surface area contributed by atoms with E-state index in [4.69, 9.17) is 4.18 Å². The minimum absolute atomic E-state index is 0.196. The van der Waals surface area contributed by atoms with Crippen molar-refractivity contribution in [1.29, 1.82) is 0 Å². The Labute approximate surface area is 228 Å². The molecule has 0 aromatic carbocycles. The molecule has 0 aliphatic carbocycles. The predicted octanol–water partition coefficient (Wildman–Crippen LogP) is 11.3. The lowest BCUT2D eigenvalue weighted by Crippen LogP contribution is -2.11. The van der Waals surface area contributed by atoms with E-state index in [1.54, 1.807) is 0 Å². The third-order valence-corrected chi connectivity index (χ3v) is 8.82. The van der Waals surface area contributed by atoms with E-state index in [0.717, 1.165) is 32.1 Å². The van der Waals surface area contributed by atoms with Crippen molar-refractivity contribution in [1.82, 2.24) is 0 Å². The molecule has 0 aliphatic rings. The molecule has 3 nitrogen and oxygen atoms in total. The van der Waals surface area contributed by atoms with Crippen LogP contribution in [0.2, 0.25) is 0 Å². The third-order valence-electron chi connectivity index (χ3n) is 7.51. The van der Waals surface area contributed by atoms with Crippen LogP contribution in [-0.4, -0.2) is 20.8 Å².